The highest BCUT2D eigenvalue weighted by atomic mass is 15.2. The van der Waals surface area contributed by atoms with Gasteiger partial charge in [-0.1, -0.05) is 0 Å². The van der Waals surface area contributed by atoms with Crippen LogP contribution in [0.1, 0.15) is 11.3 Å². The Morgan fingerprint density at radius 3 is 3.00 bits per heavy atom. The van der Waals surface area contributed by atoms with Crippen LogP contribution < -0.4 is 5.32 Å². The Bertz CT molecular complexity index is 441. The van der Waals surface area contributed by atoms with E-state index in [0.29, 0.717) is 0 Å². The summed E-state index contributed by atoms with van der Waals surface area (Å²) in [5.41, 5.74) is 2.61. The third-order valence-electron chi connectivity index (χ3n) is 2.68. The molecule has 0 aliphatic rings. The Kier molecular flexibility index (Phi) is 3.41. The Labute approximate surface area is 95.9 Å². The molecule has 0 aromatic carbocycles. The third-order valence-corrected chi connectivity index (χ3v) is 2.68. The Hall–Kier alpha value is -1.55. The molecule has 2 heterocycles. The Balaban J connectivity index is 1.96. The van der Waals surface area contributed by atoms with Crippen molar-refractivity contribution >= 4 is 0 Å². The van der Waals surface area contributed by atoms with Crippen LogP contribution in [-0.4, -0.2) is 21.4 Å². The molecule has 4 heteroatoms. The topological polar surface area (TPSA) is 34.8 Å². The zero-order chi connectivity index (χ0) is 11.4. The summed E-state index contributed by atoms with van der Waals surface area (Å²) in [6, 6.07) is 4.25. The highest BCUT2D eigenvalue weighted by Crippen LogP contribution is 2.05. The molecule has 4 nitrogen and oxygen atoms in total. The van der Waals surface area contributed by atoms with Crippen molar-refractivity contribution in [1.82, 2.24) is 19.7 Å². The van der Waals surface area contributed by atoms with Gasteiger partial charge in [-0.05, 0) is 31.2 Å². The van der Waals surface area contributed by atoms with Crippen LogP contribution in [0.5, 0.6) is 0 Å². The molecule has 0 spiro atoms. The Morgan fingerprint density at radius 2 is 2.31 bits per heavy atom. The number of hydrogen-bond acceptors (Lipinski definition) is 2. The van der Waals surface area contributed by atoms with Crippen molar-refractivity contribution in [3.63, 3.8) is 0 Å². The van der Waals surface area contributed by atoms with Gasteiger partial charge in [-0.3, -0.25) is 4.68 Å². The average molecular weight is 218 g/mol. The normalized spacial score (nSPS) is 10.9. The number of nitrogens with one attached hydrogen (secondary N) is 1. The fraction of sp³-hybridized carbons (Fsp3) is 0.417. The van der Waals surface area contributed by atoms with E-state index in [1.807, 2.05) is 25.0 Å². The quantitative estimate of drug-likeness (QED) is 0.818. The molecule has 0 aliphatic carbocycles. The van der Waals surface area contributed by atoms with E-state index < -0.39 is 0 Å². The molecule has 0 atom stereocenters. The molecule has 2 aromatic heterocycles. The molecule has 0 unspecified atom stereocenters. The van der Waals surface area contributed by atoms with Gasteiger partial charge in [0, 0.05) is 38.2 Å². The standard InChI is InChI=1S/C12H18N4/c1-13-9-12-4-3-6-16(12)7-5-11-8-14-15(2)10-11/h3-4,6,8,10,13H,5,7,9H2,1-2H3. The monoisotopic (exact) mass is 218 g/mol. The van der Waals surface area contributed by atoms with Crippen LogP contribution in [-0.2, 0) is 26.6 Å². The van der Waals surface area contributed by atoms with Crippen molar-refractivity contribution in [2.24, 2.45) is 7.05 Å². The van der Waals surface area contributed by atoms with E-state index in [1.165, 1.54) is 11.3 Å². The zero-order valence-electron chi connectivity index (χ0n) is 9.85. The summed E-state index contributed by atoms with van der Waals surface area (Å²) in [5.74, 6) is 0. The fourth-order valence-corrected chi connectivity index (χ4v) is 1.86. The van der Waals surface area contributed by atoms with Crippen molar-refractivity contribution in [3.8, 4) is 0 Å². The first kappa shape index (κ1) is 11.0. The molecule has 0 bridgehead atoms. The summed E-state index contributed by atoms with van der Waals surface area (Å²) in [6.45, 7) is 1.93. The van der Waals surface area contributed by atoms with Crippen LogP contribution in [0.25, 0.3) is 0 Å². The van der Waals surface area contributed by atoms with E-state index in [0.717, 1.165) is 19.5 Å². The first-order chi connectivity index (χ1) is 7.79. The number of nitrogens with zero attached hydrogens (tertiary/aromatic N) is 3. The molecular weight excluding hydrogens is 200 g/mol. The summed E-state index contributed by atoms with van der Waals surface area (Å²) >= 11 is 0. The second-order valence-corrected chi connectivity index (χ2v) is 4.00. The van der Waals surface area contributed by atoms with Gasteiger partial charge in [0.25, 0.3) is 0 Å². The lowest BCUT2D eigenvalue weighted by Crippen LogP contribution is -2.11. The maximum Gasteiger partial charge on any atom is 0.0522 e. The predicted molar refractivity (Wildman–Crippen MR) is 64.1 cm³/mol. The van der Waals surface area contributed by atoms with E-state index in [2.05, 4.69) is 39.5 Å². The van der Waals surface area contributed by atoms with Crippen LogP contribution in [0.4, 0.5) is 0 Å². The van der Waals surface area contributed by atoms with Gasteiger partial charge < -0.3 is 9.88 Å². The maximum atomic E-state index is 4.17. The van der Waals surface area contributed by atoms with Gasteiger partial charge in [-0.15, -0.1) is 0 Å². The van der Waals surface area contributed by atoms with Crippen molar-refractivity contribution in [3.05, 3.63) is 42.0 Å². The van der Waals surface area contributed by atoms with Crippen molar-refractivity contribution < 1.29 is 0 Å². The molecule has 0 saturated carbocycles. The lowest BCUT2D eigenvalue weighted by molar-refractivity contribution is 0.639. The second kappa shape index (κ2) is 4.99. The molecule has 16 heavy (non-hydrogen) atoms. The summed E-state index contributed by atoms with van der Waals surface area (Å²) in [4.78, 5) is 0. The van der Waals surface area contributed by atoms with Gasteiger partial charge in [0.1, 0.15) is 0 Å². The van der Waals surface area contributed by atoms with Crippen molar-refractivity contribution in [2.75, 3.05) is 7.05 Å². The molecule has 0 radical (unpaired) electrons. The minimum atomic E-state index is 0.917. The van der Waals surface area contributed by atoms with Crippen LogP contribution in [0.2, 0.25) is 0 Å². The fourth-order valence-electron chi connectivity index (χ4n) is 1.86. The number of aryl methyl sites for hydroxylation is 3. The molecule has 0 saturated heterocycles. The highest BCUT2D eigenvalue weighted by molar-refractivity contribution is 5.09. The van der Waals surface area contributed by atoms with E-state index in [4.69, 9.17) is 0 Å². The van der Waals surface area contributed by atoms with E-state index in [-0.39, 0.29) is 0 Å². The Morgan fingerprint density at radius 1 is 1.44 bits per heavy atom. The largest absolute Gasteiger partial charge is 0.350 e. The molecule has 2 aromatic rings. The molecule has 0 aliphatic heterocycles. The van der Waals surface area contributed by atoms with E-state index >= 15 is 0 Å². The lowest BCUT2D eigenvalue weighted by atomic mass is 10.2. The summed E-state index contributed by atoms with van der Waals surface area (Å²) in [6.07, 6.45) is 7.16. The molecular formula is C12H18N4. The van der Waals surface area contributed by atoms with Gasteiger partial charge >= 0.3 is 0 Å². The number of rotatable bonds is 5. The minimum Gasteiger partial charge on any atom is -0.350 e. The van der Waals surface area contributed by atoms with Crippen LogP contribution in [0.15, 0.2) is 30.7 Å². The summed E-state index contributed by atoms with van der Waals surface area (Å²) in [7, 11) is 3.92. The third kappa shape index (κ3) is 2.52. The first-order valence-electron chi connectivity index (χ1n) is 5.55. The van der Waals surface area contributed by atoms with Gasteiger partial charge in [-0.2, -0.15) is 5.10 Å². The summed E-state index contributed by atoms with van der Waals surface area (Å²) < 4.78 is 4.13. The van der Waals surface area contributed by atoms with E-state index in [9.17, 15) is 0 Å². The van der Waals surface area contributed by atoms with Crippen molar-refractivity contribution in [1.29, 1.82) is 0 Å². The second-order valence-electron chi connectivity index (χ2n) is 4.00. The molecule has 86 valence electrons. The first-order valence-corrected chi connectivity index (χ1v) is 5.55. The SMILES string of the molecule is CNCc1cccn1CCc1cnn(C)c1. The highest BCUT2D eigenvalue weighted by Gasteiger charge is 2.01. The van der Waals surface area contributed by atoms with Crippen LogP contribution in [0, 0.1) is 0 Å². The van der Waals surface area contributed by atoms with Gasteiger partial charge in [0.2, 0.25) is 0 Å². The van der Waals surface area contributed by atoms with Crippen LogP contribution >= 0.6 is 0 Å². The predicted octanol–water partition coefficient (Wildman–Crippen LogP) is 1.18. The zero-order valence-corrected chi connectivity index (χ0v) is 9.85. The smallest absolute Gasteiger partial charge is 0.0522 e. The molecule has 1 N–H and O–H groups in total. The van der Waals surface area contributed by atoms with Crippen molar-refractivity contribution in [2.45, 2.75) is 19.5 Å². The molecule has 0 amide bonds. The number of hydrogen-bond donors (Lipinski definition) is 1. The molecule has 2 rings (SSSR count). The number of aromatic nitrogens is 3. The van der Waals surface area contributed by atoms with Gasteiger partial charge in [0.05, 0.1) is 6.20 Å². The summed E-state index contributed by atoms with van der Waals surface area (Å²) in [5, 5.41) is 7.35. The van der Waals surface area contributed by atoms with E-state index in [1.54, 1.807) is 0 Å². The van der Waals surface area contributed by atoms with Gasteiger partial charge in [0.15, 0.2) is 0 Å². The van der Waals surface area contributed by atoms with Crippen LogP contribution in [0.3, 0.4) is 0 Å². The average Bonchev–Trinajstić information content (AvgIpc) is 2.85. The lowest BCUT2D eigenvalue weighted by Gasteiger charge is -2.07. The van der Waals surface area contributed by atoms with Gasteiger partial charge in [-0.25, -0.2) is 0 Å². The molecule has 0 fully saturated rings. The maximum absolute atomic E-state index is 4.17. The minimum absolute atomic E-state index is 0.917.